The topological polar surface area (TPSA) is 3.24 Å². The molecule has 0 fully saturated rings. The van der Waals surface area contributed by atoms with Crippen molar-refractivity contribution in [2.45, 2.75) is 38.5 Å². The maximum atomic E-state index is 2.40. The Kier molecular flexibility index (Phi) is 11.6. The van der Waals surface area contributed by atoms with E-state index in [4.69, 9.17) is 0 Å². The predicted molar refractivity (Wildman–Crippen MR) is 257 cm³/mol. The molecule has 0 radical (unpaired) electrons. The lowest BCUT2D eigenvalue weighted by molar-refractivity contribution is 0.971. The molecule has 0 spiro atoms. The highest BCUT2D eigenvalue weighted by atomic mass is 15.1. The highest BCUT2D eigenvalue weighted by Gasteiger charge is 2.22. The zero-order valence-corrected chi connectivity index (χ0v) is 35.2. The summed E-state index contributed by atoms with van der Waals surface area (Å²) in [5, 5.41) is 0. The number of rotatable bonds is 12. The number of nitrogens with zero attached hydrogens (tertiary/aromatic N) is 1. The summed E-state index contributed by atoms with van der Waals surface area (Å²) in [6.07, 6.45) is 0. The van der Waals surface area contributed by atoms with E-state index in [0.29, 0.717) is 0 Å². The minimum atomic E-state index is 0.121. The lowest BCUT2D eigenvalue weighted by atomic mass is 9.84. The van der Waals surface area contributed by atoms with E-state index in [0.717, 1.165) is 17.1 Å². The van der Waals surface area contributed by atoms with E-state index in [1.807, 2.05) is 0 Å². The van der Waals surface area contributed by atoms with Gasteiger partial charge in [0, 0.05) is 34.8 Å². The molecule has 0 aliphatic rings. The van der Waals surface area contributed by atoms with Gasteiger partial charge in [-0.15, -0.1) is 0 Å². The molecule has 0 aromatic heterocycles. The quantitative estimate of drug-likeness (QED) is 0.112. The molecular formula is C60H51N. The molecule has 3 atom stereocenters. The first kappa shape index (κ1) is 39.3. The van der Waals surface area contributed by atoms with Gasteiger partial charge in [-0.3, -0.25) is 0 Å². The summed E-state index contributed by atoms with van der Waals surface area (Å²) in [5.74, 6) is 0.362. The van der Waals surface area contributed by atoms with Crippen LogP contribution < -0.4 is 4.90 Å². The van der Waals surface area contributed by atoms with E-state index in [-0.39, 0.29) is 17.8 Å². The van der Waals surface area contributed by atoms with Gasteiger partial charge in [0.25, 0.3) is 0 Å². The van der Waals surface area contributed by atoms with Crippen molar-refractivity contribution in [3.05, 3.63) is 303 Å². The third kappa shape index (κ3) is 8.74. The second kappa shape index (κ2) is 18.0. The third-order valence-electron chi connectivity index (χ3n) is 12.0. The Balaban J connectivity index is 1.14. The maximum Gasteiger partial charge on any atom is 0.0461 e. The van der Waals surface area contributed by atoms with Gasteiger partial charge in [-0.1, -0.05) is 217 Å². The molecule has 0 aliphatic heterocycles. The molecule has 0 saturated carbocycles. The van der Waals surface area contributed by atoms with E-state index >= 15 is 0 Å². The van der Waals surface area contributed by atoms with Crippen LogP contribution in [0.1, 0.15) is 84.5 Å². The van der Waals surface area contributed by atoms with Crippen molar-refractivity contribution >= 4 is 17.1 Å². The molecule has 0 N–H and O–H groups in total. The fourth-order valence-electron chi connectivity index (χ4n) is 9.11. The summed E-state index contributed by atoms with van der Waals surface area (Å²) < 4.78 is 0. The Bertz CT molecular complexity index is 2490. The lowest BCUT2D eigenvalue weighted by Gasteiger charge is -2.28. The average Bonchev–Trinajstić information content (AvgIpc) is 3.30. The fraction of sp³-hybridized carbons (Fsp3) is 0.100. The van der Waals surface area contributed by atoms with Crippen LogP contribution in [0.25, 0.3) is 0 Å². The number of anilines is 3. The lowest BCUT2D eigenvalue weighted by Crippen LogP contribution is -2.12. The Labute approximate surface area is 362 Å². The van der Waals surface area contributed by atoms with Crippen molar-refractivity contribution in [3.63, 3.8) is 0 Å². The molecule has 0 saturated heterocycles. The number of hydrogen-bond donors (Lipinski definition) is 0. The Morgan fingerprint density at radius 1 is 0.230 bits per heavy atom. The van der Waals surface area contributed by atoms with Crippen LogP contribution in [0.2, 0.25) is 0 Å². The molecular weight excluding hydrogens is 735 g/mol. The van der Waals surface area contributed by atoms with E-state index in [2.05, 4.69) is 262 Å². The zero-order valence-electron chi connectivity index (χ0n) is 35.2. The Morgan fingerprint density at radius 3 is 0.705 bits per heavy atom. The van der Waals surface area contributed by atoms with Gasteiger partial charge in [0.05, 0.1) is 0 Å². The van der Waals surface area contributed by atoms with Crippen LogP contribution in [0.5, 0.6) is 0 Å². The van der Waals surface area contributed by atoms with Crippen molar-refractivity contribution in [3.8, 4) is 0 Å². The third-order valence-corrected chi connectivity index (χ3v) is 12.0. The fourth-order valence-corrected chi connectivity index (χ4v) is 9.11. The molecule has 0 amide bonds. The molecule has 0 aliphatic carbocycles. The summed E-state index contributed by atoms with van der Waals surface area (Å²) in [4.78, 5) is 2.40. The van der Waals surface area contributed by atoms with Crippen LogP contribution in [0.3, 0.4) is 0 Å². The van der Waals surface area contributed by atoms with Crippen LogP contribution >= 0.6 is 0 Å². The van der Waals surface area contributed by atoms with Crippen molar-refractivity contribution in [2.75, 3.05) is 4.90 Å². The number of hydrogen-bond acceptors (Lipinski definition) is 1. The zero-order chi connectivity index (χ0) is 41.5. The predicted octanol–water partition coefficient (Wildman–Crippen LogP) is 15.6. The van der Waals surface area contributed by atoms with Gasteiger partial charge in [0.1, 0.15) is 0 Å². The van der Waals surface area contributed by atoms with Gasteiger partial charge in [-0.05, 0) is 107 Å². The van der Waals surface area contributed by atoms with E-state index in [1.54, 1.807) is 0 Å². The number of benzene rings is 9. The minimum Gasteiger partial charge on any atom is -0.311 e. The minimum absolute atomic E-state index is 0.121. The first-order valence-electron chi connectivity index (χ1n) is 21.4. The first-order chi connectivity index (χ1) is 30.0. The monoisotopic (exact) mass is 785 g/mol. The van der Waals surface area contributed by atoms with Gasteiger partial charge >= 0.3 is 0 Å². The summed E-state index contributed by atoms with van der Waals surface area (Å²) >= 11 is 0. The molecule has 9 rings (SSSR count). The molecule has 9 aromatic carbocycles. The molecule has 61 heavy (non-hydrogen) atoms. The summed E-state index contributed by atoms with van der Waals surface area (Å²) in [7, 11) is 0. The Hall–Kier alpha value is -7.22. The highest BCUT2D eigenvalue weighted by molar-refractivity contribution is 5.77. The van der Waals surface area contributed by atoms with Gasteiger partial charge in [-0.2, -0.15) is 0 Å². The van der Waals surface area contributed by atoms with Crippen molar-refractivity contribution in [1.29, 1.82) is 0 Å². The summed E-state index contributed by atoms with van der Waals surface area (Å²) in [6.45, 7) is 6.53. The molecule has 296 valence electrons. The Morgan fingerprint density at radius 2 is 0.459 bits per heavy atom. The average molecular weight is 786 g/mol. The summed E-state index contributed by atoms with van der Waals surface area (Å²) in [6, 6.07) is 87.1. The van der Waals surface area contributed by atoms with Crippen LogP contribution in [-0.2, 0) is 0 Å². The molecule has 1 heteroatoms. The van der Waals surface area contributed by atoms with Crippen LogP contribution in [-0.4, -0.2) is 0 Å². The van der Waals surface area contributed by atoms with Crippen molar-refractivity contribution < 1.29 is 0 Å². The van der Waals surface area contributed by atoms with Crippen LogP contribution in [0.15, 0.2) is 237 Å². The molecule has 3 unspecified atom stereocenters. The number of aryl methyl sites for hydroxylation is 3. The second-order valence-electron chi connectivity index (χ2n) is 16.4. The normalized spacial score (nSPS) is 12.6. The van der Waals surface area contributed by atoms with E-state index < -0.39 is 0 Å². The standard InChI is InChI=1S/C60H51N/c1-43-16-13-25-52(40-43)58(46-19-7-4-8-20-46)49-28-34-55(35-29-49)61(56-36-30-50(31-37-56)59(47-21-9-5-10-22-47)53-26-14-17-44(2)41-53)57-38-32-51(33-39-57)60(48-23-11-6-12-24-48)54-27-15-18-45(3)42-54/h4-42,58-60H,1-3H3. The molecule has 9 aromatic rings. The van der Waals surface area contributed by atoms with E-state index in [9.17, 15) is 0 Å². The molecule has 1 nitrogen and oxygen atoms in total. The second-order valence-corrected chi connectivity index (χ2v) is 16.4. The van der Waals surface area contributed by atoms with Gasteiger partial charge in [0.15, 0.2) is 0 Å². The largest absolute Gasteiger partial charge is 0.311 e. The van der Waals surface area contributed by atoms with Crippen LogP contribution in [0, 0.1) is 20.8 Å². The first-order valence-corrected chi connectivity index (χ1v) is 21.4. The van der Waals surface area contributed by atoms with Crippen molar-refractivity contribution in [2.24, 2.45) is 0 Å². The van der Waals surface area contributed by atoms with Gasteiger partial charge in [-0.25, -0.2) is 0 Å². The smallest absolute Gasteiger partial charge is 0.0461 e. The van der Waals surface area contributed by atoms with Gasteiger partial charge in [0.2, 0.25) is 0 Å². The molecule has 0 heterocycles. The highest BCUT2D eigenvalue weighted by Crippen LogP contribution is 2.41. The molecule has 0 bridgehead atoms. The van der Waals surface area contributed by atoms with Crippen LogP contribution in [0.4, 0.5) is 17.1 Å². The van der Waals surface area contributed by atoms with E-state index in [1.165, 1.54) is 66.8 Å². The van der Waals surface area contributed by atoms with Gasteiger partial charge < -0.3 is 4.90 Å². The SMILES string of the molecule is Cc1cccc(C(c2ccccc2)c2ccc(N(c3ccc(C(c4ccccc4)c4cccc(C)c4)cc3)c3ccc(C(c4ccccc4)c4cccc(C)c4)cc3)cc2)c1. The summed E-state index contributed by atoms with van der Waals surface area (Å²) in [5.41, 5.74) is 18.7. The van der Waals surface area contributed by atoms with Crippen molar-refractivity contribution in [1.82, 2.24) is 0 Å². The maximum absolute atomic E-state index is 2.40.